The minimum Gasteiger partial charge on any atom is -0.435 e. The molecule has 6 heteroatoms. The normalized spacial score (nSPS) is 10.8. The summed E-state index contributed by atoms with van der Waals surface area (Å²) in [4.78, 5) is 0. The Labute approximate surface area is 98.6 Å². The number of hydrogen-bond acceptors (Lipinski definition) is 2. The van der Waals surface area contributed by atoms with Crippen LogP contribution >= 0.6 is 15.9 Å². The Balaban J connectivity index is 2.33. The van der Waals surface area contributed by atoms with Crippen molar-refractivity contribution in [3.63, 3.8) is 0 Å². The van der Waals surface area contributed by atoms with E-state index in [9.17, 15) is 8.78 Å². The van der Waals surface area contributed by atoms with E-state index < -0.39 is 6.61 Å². The van der Waals surface area contributed by atoms with Crippen LogP contribution in [0, 0.1) is 0 Å². The molecule has 1 aromatic carbocycles. The molecule has 0 radical (unpaired) electrons. The lowest BCUT2D eigenvalue weighted by molar-refractivity contribution is -0.0498. The minimum atomic E-state index is -2.82. The lowest BCUT2D eigenvalue weighted by Crippen LogP contribution is -2.01. The fraction of sp³-hybridized carbons (Fsp3) is 0.100. The molecule has 0 spiro atoms. The maximum Gasteiger partial charge on any atom is 0.387 e. The number of rotatable bonds is 3. The Kier molecular flexibility index (Phi) is 3.19. The van der Waals surface area contributed by atoms with Crippen molar-refractivity contribution in [1.82, 2.24) is 10.2 Å². The van der Waals surface area contributed by atoms with E-state index in [4.69, 9.17) is 0 Å². The summed E-state index contributed by atoms with van der Waals surface area (Å²) in [5, 5.41) is 6.59. The zero-order valence-electron chi connectivity index (χ0n) is 7.95. The van der Waals surface area contributed by atoms with Crippen LogP contribution in [0.4, 0.5) is 8.78 Å². The molecule has 0 aliphatic rings. The Hall–Kier alpha value is -1.43. The molecule has 1 N–H and O–H groups in total. The highest BCUT2D eigenvalue weighted by Gasteiger charge is 2.08. The van der Waals surface area contributed by atoms with Gasteiger partial charge in [0, 0.05) is 5.56 Å². The van der Waals surface area contributed by atoms with Gasteiger partial charge in [-0.2, -0.15) is 13.9 Å². The van der Waals surface area contributed by atoms with Gasteiger partial charge in [0.05, 0.1) is 16.4 Å². The molecule has 3 nitrogen and oxygen atoms in total. The van der Waals surface area contributed by atoms with Gasteiger partial charge in [0.25, 0.3) is 0 Å². The molecule has 0 unspecified atom stereocenters. The monoisotopic (exact) mass is 288 g/mol. The zero-order chi connectivity index (χ0) is 11.5. The first-order valence-corrected chi connectivity index (χ1v) is 5.20. The zero-order valence-corrected chi connectivity index (χ0v) is 9.54. The number of nitrogens with one attached hydrogen (secondary N) is 1. The number of halogens is 3. The van der Waals surface area contributed by atoms with Crippen molar-refractivity contribution in [2.24, 2.45) is 0 Å². The fourth-order valence-electron chi connectivity index (χ4n) is 1.30. The molecule has 1 heterocycles. The van der Waals surface area contributed by atoms with Gasteiger partial charge in [-0.25, -0.2) is 0 Å². The van der Waals surface area contributed by atoms with Crippen molar-refractivity contribution < 1.29 is 13.5 Å². The smallest absolute Gasteiger partial charge is 0.387 e. The molecular weight excluding hydrogens is 282 g/mol. The second-order valence-electron chi connectivity index (χ2n) is 3.00. The van der Waals surface area contributed by atoms with Crippen molar-refractivity contribution >= 4 is 15.9 Å². The average molecular weight is 289 g/mol. The standard InChI is InChI=1S/C10H7BrF2N2O/c11-8-5-14-15-9(8)6-2-1-3-7(4-6)16-10(12)13/h1-5,10H,(H,14,15). The summed E-state index contributed by atoms with van der Waals surface area (Å²) < 4.78 is 29.1. The summed E-state index contributed by atoms with van der Waals surface area (Å²) >= 11 is 3.30. The van der Waals surface area contributed by atoms with Crippen LogP contribution in [-0.4, -0.2) is 16.8 Å². The first-order valence-electron chi connectivity index (χ1n) is 4.41. The van der Waals surface area contributed by atoms with Crippen LogP contribution in [0.1, 0.15) is 0 Å². The third kappa shape index (κ3) is 2.38. The molecule has 0 atom stereocenters. The lowest BCUT2D eigenvalue weighted by atomic mass is 10.1. The molecule has 0 aliphatic carbocycles. The highest BCUT2D eigenvalue weighted by atomic mass is 79.9. The molecule has 84 valence electrons. The number of nitrogens with zero attached hydrogens (tertiary/aromatic N) is 1. The Morgan fingerprint density at radius 3 is 2.81 bits per heavy atom. The van der Waals surface area contributed by atoms with Crippen LogP contribution in [-0.2, 0) is 0 Å². The predicted molar refractivity (Wildman–Crippen MR) is 58.4 cm³/mol. The van der Waals surface area contributed by atoms with Crippen LogP contribution in [0.25, 0.3) is 11.3 Å². The first kappa shape index (κ1) is 11.1. The molecule has 0 fully saturated rings. The molecule has 2 rings (SSSR count). The van der Waals surface area contributed by atoms with Gasteiger partial charge < -0.3 is 4.74 Å². The number of aromatic amines is 1. The summed E-state index contributed by atoms with van der Waals surface area (Å²) in [6.45, 7) is -2.82. The van der Waals surface area contributed by atoms with E-state index in [1.54, 1.807) is 18.3 Å². The molecule has 0 amide bonds. The molecule has 0 aliphatic heterocycles. The second-order valence-corrected chi connectivity index (χ2v) is 3.85. The van der Waals surface area contributed by atoms with Crippen LogP contribution in [0.5, 0.6) is 5.75 Å². The quantitative estimate of drug-likeness (QED) is 0.939. The predicted octanol–water partition coefficient (Wildman–Crippen LogP) is 3.44. The molecule has 0 saturated carbocycles. The first-order chi connectivity index (χ1) is 7.66. The third-order valence-corrected chi connectivity index (χ3v) is 2.54. The van der Waals surface area contributed by atoms with Crippen LogP contribution < -0.4 is 4.74 Å². The third-order valence-electron chi connectivity index (χ3n) is 1.94. The number of ether oxygens (including phenoxy) is 1. The Morgan fingerprint density at radius 1 is 1.38 bits per heavy atom. The number of aromatic nitrogens is 2. The van der Waals surface area contributed by atoms with E-state index in [0.717, 1.165) is 15.7 Å². The van der Waals surface area contributed by atoms with Gasteiger partial charge in [0.2, 0.25) is 0 Å². The summed E-state index contributed by atoms with van der Waals surface area (Å²) in [6, 6.07) is 6.40. The molecule has 0 saturated heterocycles. The van der Waals surface area contributed by atoms with E-state index in [1.165, 1.54) is 12.1 Å². The van der Waals surface area contributed by atoms with E-state index in [2.05, 4.69) is 30.9 Å². The van der Waals surface area contributed by atoms with Crippen molar-refractivity contribution in [2.75, 3.05) is 0 Å². The second kappa shape index (κ2) is 4.61. The molecule has 16 heavy (non-hydrogen) atoms. The number of benzene rings is 1. The average Bonchev–Trinajstić information content (AvgIpc) is 2.64. The van der Waals surface area contributed by atoms with Gasteiger partial charge >= 0.3 is 6.61 Å². The van der Waals surface area contributed by atoms with Crippen LogP contribution in [0.2, 0.25) is 0 Å². The maximum atomic E-state index is 12.0. The Bertz CT molecular complexity index is 487. The largest absolute Gasteiger partial charge is 0.435 e. The molecule has 1 aromatic heterocycles. The van der Waals surface area contributed by atoms with E-state index in [-0.39, 0.29) is 5.75 Å². The summed E-state index contributed by atoms with van der Waals surface area (Å²) in [5.74, 6) is 0.119. The Morgan fingerprint density at radius 2 is 2.19 bits per heavy atom. The van der Waals surface area contributed by atoms with Crippen molar-refractivity contribution in [1.29, 1.82) is 0 Å². The molecule has 2 aromatic rings. The van der Waals surface area contributed by atoms with Gasteiger partial charge in [-0.1, -0.05) is 12.1 Å². The van der Waals surface area contributed by atoms with Gasteiger partial charge in [0.1, 0.15) is 5.75 Å². The van der Waals surface area contributed by atoms with Crippen LogP contribution in [0.3, 0.4) is 0 Å². The summed E-state index contributed by atoms with van der Waals surface area (Å²) in [6.07, 6.45) is 1.59. The molecule has 0 bridgehead atoms. The highest BCUT2D eigenvalue weighted by molar-refractivity contribution is 9.10. The van der Waals surface area contributed by atoms with Crippen LogP contribution in [0.15, 0.2) is 34.9 Å². The fourth-order valence-corrected chi connectivity index (χ4v) is 1.72. The number of hydrogen-bond donors (Lipinski definition) is 1. The lowest BCUT2D eigenvalue weighted by Gasteiger charge is -2.05. The van der Waals surface area contributed by atoms with Gasteiger partial charge in [-0.15, -0.1) is 0 Å². The van der Waals surface area contributed by atoms with E-state index in [1.807, 2.05) is 0 Å². The highest BCUT2D eigenvalue weighted by Crippen LogP contribution is 2.28. The molecular formula is C10H7BrF2N2O. The maximum absolute atomic E-state index is 12.0. The topological polar surface area (TPSA) is 37.9 Å². The van der Waals surface area contributed by atoms with Gasteiger partial charge in [-0.3, -0.25) is 5.10 Å². The van der Waals surface area contributed by atoms with E-state index >= 15 is 0 Å². The number of alkyl halides is 2. The summed E-state index contributed by atoms with van der Waals surface area (Å²) in [5.41, 5.74) is 1.45. The van der Waals surface area contributed by atoms with Gasteiger partial charge in [0.15, 0.2) is 0 Å². The van der Waals surface area contributed by atoms with Crippen molar-refractivity contribution in [3.8, 4) is 17.0 Å². The van der Waals surface area contributed by atoms with Gasteiger partial charge in [-0.05, 0) is 28.1 Å². The van der Waals surface area contributed by atoms with Crippen molar-refractivity contribution in [3.05, 3.63) is 34.9 Å². The number of H-pyrrole nitrogens is 1. The SMILES string of the molecule is FC(F)Oc1cccc(-c2[nH]ncc2Br)c1. The summed E-state index contributed by atoms with van der Waals surface area (Å²) in [7, 11) is 0. The van der Waals surface area contributed by atoms with Crippen molar-refractivity contribution in [2.45, 2.75) is 6.61 Å². The van der Waals surface area contributed by atoms with E-state index in [0.29, 0.717) is 0 Å². The minimum absolute atomic E-state index is 0.119.